The molecule has 1 heterocycles. The molecule has 1 amide bonds. The van der Waals surface area contributed by atoms with Gasteiger partial charge in [0.1, 0.15) is 6.54 Å². The highest BCUT2D eigenvalue weighted by Gasteiger charge is 2.43. The van der Waals surface area contributed by atoms with Crippen molar-refractivity contribution >= 4 is 17.7 Å². The van der Waals surface area contributed by atoms with Gasteiger partial charge in [0.25, 0.3) is 5.91 Å². The van der Waals surface area contributed by atoms with Crippen LogP contribution in [-0.2, 0) is 19.1 Å². The third-order valence-corrected chi connectivity index (χ3v) is 3.60. The van der Waals surface area contributed by atoms with Gasteiger partial charge in [-0.1, -0.05) is 29.8 Å². The Hall–Kier alpha value is -2.63. The fraction of sp³-hybridized carbons (Fsp3) is 0.312. The maximum Gasteiger partial charge on any atom is 0.325 e. The normalized spacial score (nSPS) is 17.9. The van der Waals surface area contributed by atoms with Crippen LogP contribution >= 0.6 is 0 Å². The van der Waals surface area contributed by atoms with Crippen LogP contribution in [0.2, 0.25) is 0 Å². The molecule has 0 saturated carbocycles. The number of hydrogen-bond donors (Lipinski definition) is 1. The highest BCUT2D eigenvalue weighted by atomic mass is 16.5. The summed E-state index contributed by atoms with van der Waals surface area (Å²) in [6.07, 6.45) is 0. The Balaban J connectivity index is 2.50. The molecule has 1 N–H and O–H groups in total. The minimum absolute atomic E-state index is 0.00208. The van der Waals surface area contributed by atoms with Gasteiger partial charge in [-0.05, 0) is 19.4 Å². The first kappa shape index (κ1) is 15.8. The second kappa shape index (κ2) is 6.01. The second-order valence-electron chi connectivity index (χ2n) is 5.14. The number of hydrogen-bond acceptors (Lipinski definition) is 5. The van der Waals surface area contributed by atoms with E-state index in [9.17, 15) is 19.5 Å². The lowest BCUT2D eigenvalue weighted by molar-refractivity contribution is -0.146. The third kappa shape index (κ3) is 2.72. The summed E-state index contributed by atoms with van der Waals surface area (Å²) in [5, 5.41) is 9.99. The van der Waals surface area contributed by atoms with Crippen molar-refractivity contribution in [1.29, 1.82) is 0 Å². The van der Waals surface area contributed by atoms with Crippen LogP contribution in [0.15, 0.2) is 35.6 Å². The maximum absolute atomic E-state index is 12.2. The van der Waals surface area contributed by atoms with Gasteiger partial charge in [-0.2, -0.15) is 0 Å². The molecule has 0 aliphatic carbocycles. The Kier molecular flexibility index (Phi) is 4.30. The summed E-state index contributed by atoms with van der Waals surface area (Å²) in [6, 6.07) is 6.41. The number of benzene rings is 1. The average molecular weight is 303 g/mol. The van der Waals surface area contributed by atoms with Crippen LogP contribution in [0.3, 0.4) is 0 Å². The van der Waals surface area contributed by atoms with Crippen molar-refractivity contribution in [3.05, 3.63) is 46.7 Å². The van der Waals surface area contributed by atoms with Crippen molar-refractivity contribution in [1.82, 2.24) is 4.90 Å². The molecule has 1 aromatic carbocycles. The predicted octanol–water partition coefficient (Wildman–Crippen LogP) is 1.45. The van der Waals surface area contributed by atoms with E-state index in [-0.39, 0.29) is 12.1 Å². The highest BCUT2D eigenvalue weighted by molar-refractivity contribution is 6.08. The van der Waals surface area contributed by atoms with Gasteiger partial charge < -0.3 is 14.7 Å². The van der Waals surface area contributed by atoms with Crippen molar-refractivity contribution in [3.63, 3.8) is 0 Å². The van der Waals surface area contributed by atoms with Crippen LogP contribution in [0.5, 0.6) is 0 Å². The van der Waals surface area contributed by atoms with E-state index in [1.165, 1.54) is 14.0 Å². The van der Waals surface area contributed by atoms with E-state index in [2.05, 4.69) is 4.74 Å². The predicted molar refractivity (Wildman–Crippen MR) is 78.0 cm³/mol. The van der Waals surface area contributed by atoms with Gasteiger partial charge in [-0.25, -0.2) is 0 Å². The molecule has 0 bridgehead atoms. The molecule has 1 atom stereocenters. The number of rotatable bonds is 4. The van der Waals surface area contributed by atoms with Gasteiger partial charge in [0, 0.05) is 0 Å². The summed E-state index contributed by atoms with van der Waals surface area (Å²) in [5.74, 6) is -2.39. The van der Waals surface area contributed by atoms with Crippen molar-refractivity contribution < 1.29 is 24.2 Å². The minimum Gasteiger partial charge on any atom is -0.503 e. The molecular weight excluding hydrogens is 286 g/mol. The SMILES string of the molecule is COC(=O)CN1C(=O)C(O)=C(C(C)=O)[C@H]1c1ccc(C)cc1. The first-order valence-corrected chi connectivity index (χ1v) is 6.75. The van der Waals surface area contributed by atoms with E-state index in [0.29, 0.717) is 5.56 Å². The number of aryl methyl sites for hydroxylation is 1. The molecule has 6 nitrogen and oxygen atoms in total. The Morgan fingerprint density at radius 1 is 1.27 bits per heavy atom. The molecule has 0 fully saturated rings. The summed E-state index contributed by atoms with van der Waals surface area (Å²) < 4.78 is 4.58. The smallest absolute Gasteiger partial charge is 0.325 e. The molecule has 22 heavy (non-hydrogen) atoms. The molecule has 1 aromatic rings. The molecule has 1 aliphatic rings. The third-order valence-electron chi connectivity index (χ3n) is 3.60. The number of aliphatic hydroxyl groups excluding tert-OH is 1. The number of esters is 1. The fourth-order valence-electron chi connectivity index (χ4n) is 2.48. The van der Waals surface area contributed by atoms with Gasteiger partial charge in [0.2, 0.25) is 0 Å². The number of amides is 1. The first-order valence-electron chi connectivity index (χ1n) is 6.75. The Morgan fingerprint density at radius 3 is 2.36 bits per heavy atom. The zero-order valence-electron chi connectivity index (χ0n) is 12.6. The summed E-state index contributed by atoms with van der Waals surface area (Å²) in [6.45, 7) is 2.85. The molecule has 1 aliphatic heterocycles. The number of ketones is 1. The number of carbonyl (C=O) groups excluding carboxylic acids is 3. The molecular formula is C16H17NO5. The molecule has 0 unspecified atom stereocenters. The molecule has 0 spiro atoms. The largest absolute Gasteiger partial charge is 0.503 e. The number of nitrogens with zero attached hydrogens (tertiary/aromatic N) is 1. The number of ether oxygens (including phenoxy) is 1. The number of Topliss-reactive ketones (excluding diaryl/α,β-unsaturated/α-hetero) is 1. The van der Waals surface area contributed by atoms with Crippen LogP contribution in [0, 0.1) is 6.92 Å². The summed E-state index contributed by atoms with van der Waals surface area (Å²) in [5.41, 5.74) is 1.67. The van der Waals surface area contributed by atoms with Crippen molar-refractivity contribution in [2.24, 2.45) is 0 Å². The van der Waals surface area contributed by atoms with Gasteiger partial charge >= 0.3 is 5.97 Å². The molecule has 0 radical (unpaired) electrons. The molecule has 116 valence electrons. The molecule has 6 heteroatoms. The Bertz CT molecular complexity index is 660. The maximum atomic E-state index is 12.2. The Morgan fingerprint density at radius 2 is 1.86 bits per heavy atom. The van der Waals surface area contributed by atoms with E-state index < -0.39 is 29.5 Å². The van der Waals surface area contributed by atoms with Crippen LogP contribution in [0.25, 0.3) is 0 Å². The lowest BCUT2D eigenvalue weighted by Crippen LogP contribution is -2.36. The monoisotopic (exact) mass is 303 g/mol. The first-order chi connectivity index (χ1) is 10.4. The lowest BCUT2D eigenvalue weighted by Gasteiger charge is -2.25. The zero-order chi connectivity index (χ0) is 16.4. The number of methoxy groups -OCH3 is 1. The summed E-state index contributed by atoms with van der Waals surface area (Å²) in [4.78, 5) is 36.7. The van der Waals surface area contributed by atoms with E-state index in [0.717, 1.165) is 10.5 Å². The molecule has 0 aromatic heterocycles. The number of aliphatic hydroxyl groups is 1. The van der Waals surface area contributed by atoms with E-state index in [1.54, 1.807) is 12.1 Å². The second-order valence-corrected chi connectivity index (χ2v) is 5.14. The fourth-order valence-corrected chi connectivity index (χ4v) is 2.48. The van der Waals surface area contributed by atoms with E-state index >= 15 is 0 Å². The van der Waals surface area contributed by atoms with Crippen LogP contribution in [0.1, 0.15) is 24.1 Å². The highest BCUT2D eigenvalue weighted by Crippen LogP contribution is 2.37. The topological polar surface area (TPSA) is 83.9 Å². The van der Waals surface area contributed by atoms with Crippen molar-refractivity contribution in [2.75, 3.05) is 13.7 Å². The van der Waals surface area contributed by atoms with Crippen LogP contribution in [-0.4, -0.2) is 41.3 Å². The van der Waals surface area contributed by atoms with E-state index in [4.69, 9.17) is 0 Å². The van der Waals surface area contributed by atoms with Crippen LogP contribution < -0.4 is 0 Å². The van der Waals surface area contributed by atoms with Gasteiger partial charge in [0.15, 0.2) is 11.5 Å². The lowest BCUT2D eigenvalue weighted by atomic mass is 9.96. The number of carbonyl (C=O) groups is 3. The summed E-state index contributed by atoms with van der Waals surface area (Å²) in [7, 11) is 1.21. The average Bonchev–Trinajstić information content (AvgIpc) is 2.73. The van der Waals surface area contributed by atoms with Gasteiger partial charge in [-0.15, -0.1) is 0 Å². The molecule has 0 saturated heterocycles. The van der Waals surface area contributed by atoms with Gasteiger partial charge in [0.05, 0.1) is 18.7 Å². The minimum atomic E-state index is -0.787. The standard InChI is InChI=1S/C16H17NO5/c1-9-4-6-11(7-5-9)14-13(10(2)18)15(20)16(21)17(14)8-12(19)22-3/h4-7,14,20H,8H2,1-3H3/t14-/m1/s1. The van der Waals surface area contributed by atoms with E-state index in [1.807, 2.05) is 19.1 Å². The van der Waals surface area contributed by atoms with Crippen molar-refractivity contribution in [3.8, 4) is 0 Å². The summed E-state index contributed by atoms with van der Waals surface area (Å²) >= 11 is 0. The van der Waals surface area contributed by atoms with Crippen LogP contribution in [0.4, 0.5) is 0 Å². The Labute approximate surface area is 128 Å². The van der Waals surface area contributed by atoms with Gasteiger partial charge in [-0.3, -0.25) is 14.4 Å². The quantitative estimate of drug-likeness (QED) is 0.851. The van der Waals surface area contributed by atoms with Crippen molar-refractivity contribution in [2.45, 2.75) is 19.9 Å². The molecule has 2 rings (SSSR count). The zero-order valence-corrected chi connectivity index (χ0v) is 12.6.